The fourth-order valence-electron chi connectivity index (χ4n) is 1.96. The van der Waals surface area contributed by atoms with Crippen LogP contribution in [-0.2, 0) is 0 Å². The van der Waals surface area contributed by atoms with E-state index in [1.807, 2.05) is 0 Å². The summed E-state index contributed by atoms with van der Waals surface area (Å²) in [6.45, 7) is 0.775. The van der Waals surface area contributed by atoms with E-state index in [0.29, 0.717) is 12.6 Å². The summed E-state index contributed by atoms with van der Waals surface area (Å²) < 4.78 is 0. The van der Waals surface area contributed by atoms with Gasteiger partial charge in [-0.15, -0.1) is 0 Å². The second-order valence-corrected chi connectivity index (χ2v) is 3.66. The van der Waals surface area contributed by atoms with E-state index in [1.54, 1.807) is 0 Å². The molecule has 1 fully saturated rings. The Morgan fingerprint density at radius 3 is 2.77 bits per heavy atom. The van der Waals surface area contributed by atoms with Crippen molar-refractivity contribution >= 4 is 0 Å². The highest BCUT2D eigenvalue weighted by Gasteiger charge is 2.22. The Morgan fingerprint density at radius 1 is 1.31 bits per heavy atom. The van der Waals surface area contributed by atoms with Gasteiger partial charge in [0.1, 0.15) is 0 Å². The fraction of sp³-hybridized carbons (Fsp3) is 0.900. The Kier molecular flexibility index (Phi) is 4.81. The third-order valence-corrected chi connectivity index (χ3v) is 2.70. The Bertz CT molecular complexity index is 176. The zero-order valence-corrected chi connectivity index (χ0v) is 8.00. The molecule has 1 saturated carbocycles. The molecule has 3 heteroatoms. The molecule has 0 spiro atoms. The van der Waals surface area contributed by atoms with Gasteiger partial charge in [0, 0.05) is 12.6 Å². The molecule has 13 heavy (non-hydrogen) atoms. The molecule has 0 saturated heterocycles. The van der Waals surface area contributed by atoms with Crippen molar-refractivity contribution in [2.24, 2.45) is 5.92 Å². The summed E-state index contributed by atoms with van der Waals surface area (Å²) >= 11 is 0. The molecular formula is C10H18N2O. The molecule has 74 valence electrons. The van der Waals surface area contributed by atoms with Gasteiger partial charge in [0.25, 0.3) is 0 Å². The molecule has 0 radical (unpaired) electrons. The van der Waals surface area contributed by atoms with Crippen LogP contribution in [0.2, 0.25) is 0 Å². The number of aliphatic hydroxyl groups is 1. The second-order valence-electron chi connectivity index (χ2n) is 3.66. The van der Waals surface area contributed by atoms with Gasteiger partial charge in [-0.1, -0.05) is 19.3 Å². The van der Waals surface area contributed by atoms with Crippen molar-refractivity contribution in [3.8, 4) is 6.07 Å². The Morgan fingerprint density at radius 2 is 2.08 bits per heavy atom. The lowest BCUT2D eigenvalue weighted by atomic mass is 9.96. The van der Waals surface area contributed by atoms with Gasteiger partial charge in [-0.2, -0.15) is 5.26 Å². The molecule has 0 aliphatic heterocycles. The highest BCUT2D eigenvalue weighted by molar-refractivity contribution is 4.93. The van der Waals surface area contributed by atoms with Crippen molar-refractivity contribution in [2.45, 2.75) is 38.1 Å². The van der Waals surface area contributed by atoms with Crippen LogP contribution in [0.1, 0.15) is 32.1 Å². The van der Waals surface area contributed by atoms with Crippen molar-refractivity contribution in [1.82, 2.24) is 5.32 Å². The Hall–Kier alpha value is -0.590. The molecule has 0 aromatic heterocycles. The number of hydrogen-bond donors (Lipinski definition) is 2. The predicted octanol–water partition coefficient (Wildman–Crippen LogP) is 1.04. The fourth-order valence-corrected chi connectivity index (χ4v) is 1.96. The lowest BCUT2D eigenvalue weighted by Gasteiger charge is -2.20. The normalized spacial score (nSPS) is 29.2. The smallest absolute Gasteiger partial charge is 0.0672 e. The van der Waals surface area contributed by atoms with Crippen molar-refractivity contribution < 1.29 is 5.11 Å². The van der Waals surface area contributed by atoms with Crippen LogP contribution in [0.5, 0.6) is 0 Å². The van der Waals surface area contributed by atoms with Crippen LogP contribution in [0.25, 0.3) is 0 Å². The Balaban J connectivity index is 2.40. The first-order valence-electron chi connectivity index (χ1n) is 5.12. The minimum atomic E-state index is 0.147. The molecule has 1 aliphatic carbocycles. The van der Waals surface area contributed by atoms with E-state index in [-0.39, 0.29) is 12.5 Å². The van der Waals surface area contributed by atoms with Gasteiger partial charge < -0.3 is 10.4 Å². The van der Waals surface area contributed by atoms with Crippen LogP contribution >= 0.6 is 0 Å². The number of aliphatic hydroxyl groups excluding tert-OH is 1. The third-order valence-electron chi connectivity index (χ3n) is 2.70. The average molecular weight is 182 g/mol. The molecule has 2 N–H and O–H groups in total. The first kappa shape index (κ1) is 10.5. The first-order chi connectivity index (χ1) is 6.38. The zero-order chi connectivity index (χ0) is 9.52. The molecule has 3 nitrogen and oxygen atoms in total. The lowest BCUT2D eigenvalue weighted by Crippen LogP contribution is -2.36. The van der Waals surface area contributed by atoms with Crippen molar-refractivity contribution in [1.29, 1.82) is 5.26 Å². The van der Waals surface area contributed by atoms with Crippen LogP contribution < -0.4 is 5.32 Å². The largest absolute Gasteiger partial charge is 0.395 e. The first-order valence-corrected chi connectivity index (χ1v) is 5.12. The minimum Gasteiger partial charge on any atom is -0.395 e. The SMILES string of the molecule is N#CC1CCCCCC1NCCO. The second kappa shape index (κ2) is 5.95. The number of nitrogens with zero attached hydrogens (tertiary/aromatic N) is 1. The molecule has 0 bridgehead atoms. The van der Waals surface area contributed by atoms with Crippen molar-refractivity contribution in [3.63, 3.8) is 0 Å². The van der Waals surface area contributed by atoms with Gasteiger partial charge >= 0.3 is 0 Å². The quantitative estimate of drug-likeness (QED) is 0.641. The van der Waals surface area contributed by atoms with E-state index in [2.05, 4.69) is 11.4 Å². The maximum Gasteiger partial charge on any atom is 0.0672 e. The van der Waals surface area contributed by atoms with Crippen LogP contribution in [0, 0.1) is 17.2 Å². The predicted molar refractivity (Wildman–Crippen MR) is 51.1 cm³/mol. The summed E-state index contributed by atoms with van der Waals surface area (Å²) in [7, 11) is 0. The molecule has 2 unspecified atom stereocenters. The molecule has 0 aromatic rings. The van der Waals surface area contributed by atoms with Gasteiger partial charge in [-0.05, 0) is 12.8 Å². The highest BCUT2D eigenvalue weighted by atomic mass is 16.3. The van der Waals surface area contributed by atoms with Gasteiger partial charge in [-0.3, -0.25) is 0 Å². The highest BCUT2D eigenvalue weighted by Crippen LogP contribution is 2.22. The van der Waals surface area contributed by atoms with Crippen LogP contribution in [-0.4, -0.2) is 24.3 Å². The van der Waals surface area contributed by atoms with E-state index in [9.17, 15) is 0 Å². The molecule has 0 aromatic carbocycles. The van der Waals surface area contributed by atoms with E-state index in [4.69, 9.17) is 10.4 Å². The molecular weight excluding hydrogens is 164 g/mol. The van der Waals surface area contributed by atoms with Crippen LogP contribution in [0.3, 0.4) is 0 Å². The zero-order valence-electron chi connectivity index (χ0n) is 8.00. The Labute approximate surface area is 79.8 Å². The van der Waals surface area contributed by atoms with Gasteiger partial charge in [0.2, 0.25) is 0 Å². The summed E-state index contributed by atoms with van der Waals surface area (Å²) in [5.41, 5.74) is 0. The molecule has 0 amide bonds. The third kappa shape index (κ3) is 3.33. The summed E-state index contributed by atoms with van der Waals surface area (Å²) in [5, 5.41) is 20.9. The van der Waals surface area contributed by atoms with Crippen molar-refractivity contribution in [2.75, 3.05) is 13.2 Å². The van der Waals surface area contributed by atoms with Gasteiger partial charge in [0.15, 0.2) is 0 Å². The van der Waals surface area contributed by atoms with Gasteiger partial charge in [-0.25, -0.2) is 0 Å². The summed E-state index contributed by atoms with van der Waals surface area (Å²) in [4.78, 5) is 0. The average Bonchev–Trinajstić information content (AvgIpc) is 2.39. The minimum absolute atomic E-state index is 0.147. The number of nitriles is 1. The lowest BCUT2D eigenvalue weighted by molar-refractivity contribution is 0.273. The summed E-state index contributed by atoms with van der Waals surface area (Å²) in [6, 6.07) is 2.66. The molecule has 1 rings (SSSR count). The van der Waals surface area contributed by atoms with E-state index in [1.165, 1.54) is 19.3 Å². The molecule has 1 aliphatic rings. The molecule has 0 heterocycles. The van der Waals surface area contributed by atoms with Crippen LogP contribution in [0.15, 0.2) is 0 Å². The number of hydrogen-bond acceptors (Lipinski definition) is 3. The molecule has 2 atom stereocenters. The maximum atomic E-state index is 8.93. The number of rotatable bonds is 3. The number of nitrogens with one attached hydrogen (secondary N) is 1. The van der Waals surface area contributed by atoms with E-state index < -0.39 is 0 Å². The van der Waals surface area contributed by atoms with Crippen molar-refractivity contribution in [3.05, 3.63) is 0 Å². The van der Waals surface area contributed by atoms with E-state index >= 15 is 0 Å². The summed E-state index contributed by atoms with van der Waals surface area (Å²) in [6.07, 6.45) is 5.73. The maximum absolute atomic E-state index is 8.93. The van der Waals surface area contributed by atoms with E-state index in [0.717, 1.165) is 12.8 Å². The van der Waals surface area contributed by atoms with Gasteiger partial charge in [0.05, 0.1) is 18.6 Å². The van der Waals surface area contributed by atoms with Crippen LogP contribution in [0.4, 0.5) is 0 Å². The monoisotopic (exact) mass is 182 g/mol. The standard InChI is InChI=1S/C10H18N2O/c11-8-9-4-2-1-3-5-10(9)12-6-7-13/h9-10,12-13H,1-7H2. The summed E-state index contributed by atoms with van der Waals surface area (Å²) in [5.74, 6) is 0.147. The topological polar surface area (TPSA) is 56.0 Å².